The standard InChI is InChI=1S/C25H39NO2/c1-2-3-4-5-6-7-8-9-10-11-12-16-19-23-24(28-23)22-20-27-25(26-22)21-17-14-13-15-18-21/h13-15,17-18,22-24H,2-12,16,19-20H2,1H3/t22-,23-,24-/m0/s1. The van der Waals surface area contributed by atoms with Crippen LogP contribution in [0.25, 0.3) is 0 Å². The third-order valence-electron chi connectivity index (χ3n) is 6.04. The molecule has 1 aromatic carbocycles. The summed E-state index contributed by atoms with van der Waals surface area (Å²) >= 11 is 0. The highest BCUT2D eigenvalue weighted by molar-refractivity contribution is 5.95. The van der Waals surface area contributed by atoms with Crippen molar-refractivity contribution in [1.29, 1.82) is 0 Å². The number of epoxide rings is 1. The van der Waals surface area contributed by atoms with Gasteiger partial charge >= 0.3 is 0 Å². The Kier molecular flexibility index (Phi) is 9.36. The zero-order chi connectivity index (χ0) is 19.4. The predicted molar refractivity (Wildman–Crippen MR) is 117 cm³/mol. The van der Waals surface area contributed by atoms with E-state index in [1.54, 1.807) is 0 Å². The maximum Gasteiger partial charge on any atom is 0.216 e. The van der Waals surface area contributed by atoms with Crippen molar-refractivity contribution in [3.8, 4) is 0 Å². The van der Waals surface area contributed by atoms with E-state index in [-0.39, 0.29) is 12.1 Å². The van der Waals surface area contributed by atoms with Gasteiger partial charge in [0.15, 0.2) is 0 Å². The molecular formula is C25H39NO2. The van der Waals surface area contributed by atoms with E-state index in [9.17, 15) is 0 Å². The van der Waals surface area contributed by atoms with E-state index in [4.69, 9.17) is 14.5 Å². The van der Waals surface area contributed by atoms with Crippen molar-refractivity contribution in [2.24, 2.45) is 4.99 Å². The molecule has 3 heteroatoms. The molecule has 0 amide bonds. The lowest BCUT2D eigenvalue weighted by Crippen LogP contribution is -2.16. The van der Waals surface area contributed by atoms with Gasteiger partial charge in [-0.25, -0.2) is 4.99 Å². The van der Waals surface area contributed by atoms with Crippen LogP contribution in [0.4, 0.5) is 0 Å². The van der Waals surface area contributed by atoms with Gasteiger partial charge in [0, 0.05) is 5.56 Å². The van der Waals surface area contributed by atoms with Gasteiger partial charge in [-0.3, -0.25) is 0 Å². The van der Waals surface area contributed by atoms with Gasteiger partial charge in [0.1, 0.15) is 18.8 Å². The zero-order valence-electron chi connectivity index (χ0n) is 17.8. The summed E-state index contributed by atoms with van der Waals surface area (Å²) in [6, 6.07) is 10.4. The van der Waals surface area contributed by atoms with Gasteiger partial charge in [-0.15, -0.1) is 0 Å². The lowest BCUT2D eigenvalue weighted by Gasteiger charge is -2.03. The number of nitrogens with zero attached hydrogens (tertiary/aromatic N) is 1. The molecule has 156 valence electrons. The second-order valence-corrected chi connectivity index (χ2v) is 8.50. The molecule has 0 unspecified atom stereocenters. The fourth-order valence-electron chi connectivity index (χ4n) is 4.21. The summed E-state index contributed by atoms with van der Waals surface area (Å²) in [7, 11) is 0. The van der Waals surface area contributed by atoms with Gasteiger partial charge in [0.05, 0.1) is 6.10 Å². The van der Waals surface area contributed by atoms with Crippen molar-refractivity contribution in [2.45, 2.75) is 109 Å². The van der Waals surface area contributed by atoms with Crippen molar-refractivity contribution in [1.82, 2.24) is 0 Å². The monoisotopic (exact) mass is 385 g/mol. The molecule has 0 aromatic heterocycles. The van der Waals surface area contributed by atoms with Crippen molar-refractivity contribution >= 4 is 5.90 Å². The molecule has 0 spiro atoms. The number of hydrogen-bond donors (Lipinski definition) is 0. The van der Waals surface area contributed by atoms with Crippen LogP contribution >= 0.6 is 0 Å². The summed E-state index contributed by atoms with van der Waals surface area (Å²) < 4.78 is 11.7. The van der Waals surface area contributed by atoms with E-state index in [0.717, 1.165) is 11.5 Å². The molecule has 2 aliphatic heterocycles. The Bertz CT molecular complexity index is 571. The Morgan fingerprint density at radius 1 is 0.821 bits per heavy atom. The van der Waals surface area contributed by atoms with Crippen molar-refractivity contribution in [2.75, 3.05) is 6.61 Å². The molecule has 0 bridgehead atoms. The minimum Gasteiger partial charge on any atom is -0.475 e. The highest BCUT2D eigenvalue weighted by Crippen LogP contribution is 2.34. The van der Waals surface area contributed by atoms with E-state index in [1.165, 1.54) is 83.5 Å². The van der Waals surface area contributed by atoms with Gasteiger partial charge < -0.3 is 9.47 Å². The first-order valence-corrected chi connectivity index (χ1v) is 11.8. The number of unbranched alkanes of at least 4 members (excludes halogenated alkanes) is 11. The predicted octanol–water partition coefficient (Wildman–Crippen LogP) is 6.69. The largest absolute Gasteiger partial charge is 0.475 e. The summed E-state index contributed by atoms with van der Waals surface area (Å²) in [6.45, 7) is 2.96. The third-order valence-corrected chi connectivity index (χ3v) is 6.04. The third kappa shape index (κ3) is 7.24. The van der Waals surface area contributed by atoms with Gasteiger partial charge in [-0.1, -0.05) is 102 Å². The molecule has 1 fully saturated rings. The normalized spacial score (nSPS) is 23.5. The van der Waals surface area contributed by atoms with Gasteiger partial charge in [-0.2, -0.15) is 0 Å². The van der Waals surface area contributed by atoms with Crippen LogP contribution in [0.2, 0.25) is 0 Å². The van der Waals surface area contributed by atoms with Crippen LogP contribution in [-0.4, -0.2) is 30.8 Å². The molecule has 28 heavy (non-hydrogen) atoms. The summed E-state index contributed by atoms with van der Waals surface area (Å²) in [5.41, 5.74) is 1.07. The Labute approximate surface area is 171 Å². The first-order valence-electron chi connectivity index (χ1n) is 11.8. The first kappa shape index (κ1) is 21.4. The van der Waals surface area contributed by atoms with Crippen LogP contribution in [0.3, 0.4) is 0 Å². The molecule has 1 saturated heterocycles. The first-order chi connectivity index (χ1) is 13.9. The van der Waals surface area contributed by atoms with Crippen molar-refractivity contribution in [3.63, 3.8) is 0 Å². The van der Waals surface area contributed by atoms with Gasteiger partial charge in [0.2, 0.25) is 5.90 Å². The minimum atomic E-state index is 0.192. The lowest BCUT2D eigenvalue weighted by atomic mass is 10.0. The molecule has 3 atom stereocenters. The highest BCUT2D eigenvalue weighted by atomic mass is 16.6. The molecular weight excluding hydrogens is 346 g/mol. The molecule has 3 nitrogen and oxygen atoms in total. The molecule has 2 aliphatic rings. The SMILES string of the molecule is CCCCCCCCCCCCCC[C@@H]1O[C@H]1[C@@H]1COC(c2ccccc2)=N1. The fraction of sp³-hybridized carbons (Fsp3) is 0.720. The van der Waals surface area contributed by atoms with E-state index in [0.29, 0.717) is 12.7 Å². The average molecular weight is 386 g/mol. The molecule has 0 aliphatic carbocycles. The van der Waals surface area contributed by atoms with Crippen LogP contribution < -0.4 is 0 Å². The summed E-state index contributed by atoms with van der Waals surface area (Å²) in [5.74, 6) is 0.783. The second kappa shape index (κ2) is 12.3. The van der Waals surface area contributed by atoms with E-state index in [2.05, 4.69) is 19.1 Å². The van der Waals surface area contributed by atoms with Crippen LogP contribution in [0.1, 0.15) is 96.0 Å². The van der Waals surface area contributed by atoms with Crippen molar-refractivity contribution < 1.29 is 9.47 Å². The number of ether oxygens (including phenoxy) is 2. The maximum atomic E-state index is 5.90. The Hall–Kier alpha value is -1.35. The van der Waals surface area contributed by atoms with E-state index < -0.39 is 0 Å². The second-order valence-electron chi connectivity index (χ2n) is 8.50. The summed E-state index contributed by atoms with van der Waals surface area (Å²) in [4.78, 5) is 4.75. The van der Waals surface area contributed by atoms with Crippen LogP contribution in [0, 0.1) is 0 Å². The molecule has 2 heterocycles. The Morgan fingerprint density at radius 3 is 2.07 bits per heavy atom. The topological polar surface area (TPSA) is 34.1 Å². The van der Waals surface area contributed by atoms with Crippen LogP contribution in [0.5, 0.6) is 0 Å². The van der Waals surface area contributed by atoms with Crippen molar-refractivity contribution in [3.05, 3.63) is 35.9 Å². The number of aliphatic imine (C=N–C) groups is 1. The van der Waals surface area contributed by atoms with E-state index >= 15 is 0 Å². The number of benzene rings is 1. The molecule has 1 aromatic rings. The van der Waals surface area contributed by atoms with Gasteiger partial charge in [0.25, 0.3) is 0 Å². The van der Waals surface area contributed by atoms with Crippen LogP contribution in [-0.2, 0) is 9.47 Å². The van der Waals surface area contributed by atoms with E-state index in [1.807, 2.05) is 18.2 Å². The van der Waals surface area contributed by atoms with Crippen LogP contribution in [0.15, 0.2) is 35.3 Å². The van der Waals surface area contributed by atoms with Gasteiger partial charge in [-0.05, 0) is 18.6 Å². The number of rotatable bonds is 15. The average Bonchev–Trinajstić information content (AvgIpc) is 3.33. The summed E-state index contributed by atoms with van der Waals surface area (Å²) in [6.07, 6.45) is 18.7. The smallest absolute Gasteiger partial charge is 0.216 e. The fourth-order valence-corrected chi connectivity index (χ4v) is 4.21. The number of hydrogen-bond acceptors (Lipinski definition) is 3. The molecule has 0 radical (unpaired) electrons. The molecule has 0 saturated carbocycles. The molecule has 3 rings (SSSR count). The summed E-state index contributed by atoms with van der Waals surface area (Å²) in [5, 5.41) is 0. The quantitative estimate of drug-likeness (QED) is 0.249. The Morgan fingerprint density at radius 2 is 1.43 bits per heavy atom. The minimum absolute atomic E-state index is 0.192. The lowest BCUT2D eigenvalue weighted by molar-refractivity contribution is 0.279. The Balaban J connectivity index is 1.16. The zero-order valence-corrected chi connectivity index (χ0v) is 17.8. The maximum absolute atomic E-state index is 5.90. The highest BCUT2D eigenvalue weighted by Gasteiger charge is 2.46. The molecule has 0 N–H and O–H groups in total.